The Kier molecular flexibility index (Phi) is 4.46. The predicted molar refractivity (Wildman–Crippen MR) is 106 cm³/mol. The first-order valence-corrected chi connectivity index (χ1v) is 9.49. The lowest BCUT2D eigenvalue weighted by molar-refractivity contribution is -0.132. The lowest BCUT2D eigenvalue weighted by Gasteiger charge is -2.35. The molecule has 30 heavy (non-hydrogen) atoms. The molecule has 11 nitrogen and oxygen atoms in total. The SMILES string of the molecule is O=C(Cn1c(=O)oc2ccccc21)N1CCN(c2ccc(-n3cncn3)nn2)CC1. The van der Waals surface area contributed by atoms with Gasteiger partial charge in [0.1, 0.15) is 19.2 Å². The molecule has 1 aromatic carbocycles. The number of anilines is 1. The monoisotopic (exact) mass is 406 g/mol. The van der Waals surface area contributed by atoms with E-state index in [0.29, 0.717) is 43.1 Å². The number of hydrogen-bond acceptors (Lipinski definition) is 8. The second-order valence-corrected chi connectivity index (χ2v) is 6.88. The van der Waals surface area contributed by atoms with Crippen LogP contribution in [0.15, 0.2) is 58.3 Å². The van der Waals surface area contributed by atoms with Crippen LogP contribution in [0.4, 0.5) is 5.82 Å². The summed E-state index contributed by atoms with van der Waals surface area (Å²) >= 11 is 0. The van der Waals surface area contributed by atoms with Crippen LogP contribution in [-0.2, 0) is 11.3 Å². The molecule has 3 aromatic heterocycles. The van der Waals surface area contributed by atoms with Crippen LogP contribution in [0.2, 0.25) is 0 Å². The van der Waals surface area contributed by atoms with Crippen molar-refractivity contribution in [1.29, 1.82) is 0 Å². The van der Waals surface area contributed by atoms with Crippen LogP contribution in [0.25, 0.3) is 16.9 Å². The van der Waals surface area contributed by atoms with Crippen molar-refractivity contribution >= 4 is 22.8 Å². The smallest absolute Gasteiger partial charge is 0.408 e. The van der Waals surface area contributed by atoms with Crippen LogP contribution in [-0.4, -0.2) is 66.5 Å². The first kappa shape index (κ1) is 18.0. The van der Waals surface area contributed by atoms with Gasteiger partial charge in [0.15, 0.2) is 17.2 Å². The van der Waals surface area contributed by atoms with Gasteiger partial charge in [0.05, 0.1) is 5.52 Å². The van der Waals surface area contributed by atoms with Gasteiger partial charge in [-0.2, -0.15) is 5.10 Å². The Hall–Kier alpha value is -4.02. The minimum atomic E-state index is -0.522. The molecule has 1 fully saturated rings. The fourth-order valence-electron chi connectivity index (χ4n) is 3.52. The van der Waals surface area contributed by atoms with E-state index in [9.17, 15) is 9.59 Å². The Bertz CT molecular complexity index is 1220. The molecule has 152 valence electrons. The summed E-state index contributed by atoms with van der Waals surface area (Å²) in [5.41, 5.74) is 1.10. The molecule has 1 aliphatic rings. The van der Waals surface area contributed by atoms with Gasteiger partial charge < -0.3 is 14.2 Å². The van der Waals surface area contributed by atoms with Gasteiger partial charge in [0, 0.05) is 26.2 Å². The minimum Gasteiger partial charge on any atom is -0.408 e. The maximum Gasteiger partial charge on any atom is 0.420 e. The number of nitrogens with zero attached hydrogens (tertiary/aromatic N) is 8. The summed E-state index contributed by atoms with van der Waals surface area (Å²) in [5.74, 6) is 0.688. The molecule has 0 unspecified atom stereocenters. The summed E-state index contributed by atoms with van der Waals surface area (Å²) in [7, 11) is 0. The molecule has 1 amide bonds. The topological polar surface area (TPSA) is 115 Å². The molecule has 0 bridgehead atoms. The Balaban J connectivity index is 1.23. The van der Waals surface area contributed by atoms with Crippen LogP contribution in [0.5, 0.6) is 0 Å². The first-order valence-electron chi connectivity index (χ1n) is 9.49. The van der Waals surface area contributed by atoms with Crippen molar-refractivity contribution in [3.8, 4) is 5.82 Å². The zero-order valence-electron chi connectivity index (χ0n) is 16.0. The van der Waals surface area contributed by atoms with Gasteiger partial charge in [0.25, 0.3) is 0 Å². The number of para-hydroxylation sites is 2. The van der Waals surface area contributed by atoms with Crippen molar-refractivity contribution in [2.75, 3.05) is 31.1 Å². The molecule has 0 N–H and O–H groups in total. The zero-order valence-corrected chi connectivity index (χ0v) is 16.0. The van der Waals surface area contributed by atoms with E-state index in [2.05, 4.69) is 25.2 Å². The summed E-state index contributed by atoms with van der Waals surface area (Å²) in [6.07, 6.45) is 2.99. The van der Waals surface area contributed by atoms with Gasteiger partial charge in [-0.1, -0.05) is 12.1 Å². The molecule has 0 radical (unpaired) electrons. The summed E-state index contributed by atoms with van der Waals surface area (Å²) in [4.78, 5) is 32.6. The quantitative estimate of drug-likeness (QED) is 0.476. The van der Waals surface area contributed by atoms with Gasteiger partial charge in [-0.3, -0.25) is 9.36 Å². The maximum atomic E-state index is 12.7. The number of rotatable bonds is 4. The van der Waals surface area contributed by atoms with E-state index < -0.39 is 5.76 Å². The van der Waals surface area contributed by atoms with Gasteiger partial charge >= 0.3 is 5.76 Å². The number of piperazine rings is 1. The second-order valence-electron chi connectivity index (χ2n) is 6.88. The average Bonchev–Trinajstić information content (AvgIpc) is 3.43. The van der Waals surface area contributed by atoms with Crippen LogP contribution >= 0.6 is 0 Å². The highest BCUT2D eigenvalue weighted by molar-refractivity contribution is 5.79. The number of aromatic nitrogens is 6. The molecule has 4 aromatic rings. The van der Waals surface area contributed by atoms with Gasteiger partial charge in [-0.15, -0.1) is 10.2 Å². The molecule has 5 rings (SSSR count). The summed E-state index contributed by atoms with van der Waals surface area (Å²) in [6, 6.07) is 10.8. The predicted octanol–water partition coefficient (Wildman–Crippen LogP) is 0.314. The fourth-order valence-corrected chi connectivity index (χ4v) is 3.52. The van der Waals surface area contributed by atoms with Gasteiger partial charge in [-0.25, -0.2) is 14.5 Å². The molecule has 0 atom stereocenters. The lowest BCUT2D eigenvalue weighted by atomic mass is 10.3. The lowest BCUT2D eigenvalue weighted by Crippen LogP contribution is -2.50. The number of carbonyl (C=O) groups is 1. The van der Waals surface area contributed by atoms with Gasteiger partial charge in [0.2, 0.25) is 5.91 Å². The number of benzene rings is 1. The molecule has 11 heteroatoms. The Morgan fingerprint density at radius 3 is 2.50 bits per heavy atom. The standard InChI is InChI=1S/C19H18N8O3/c28-18(11-26-14-3-1-2-4-15(14)30-19(26)29)25-9-7-24(8-10-25)16-5-6-17(23-22-16)27-13-20-12-21-27/h1-6,12-13H,7-11H2. The minimum absolute atomic E-state index is 0.0394. The summed E-state index contributed by atoms with van der Waals surface area (Å²) in [6.45, 7) is 2.29. The normalized spacial score (nSPS) is 14.4. The second kappa shape index (κ2) is 7.43. The average molecular weight is 406 g/mol. The van der Waals surface area contributed by atoms with Crippen molar-refractivity contribution in [3.05, 3.63) is 59.6 Å². The molecule has 0 saturated carbocycles. The molecule has 0 aliphatic carbocycles. The first-order chi connectivity index (χ1) is 14.7. The van der Waals surface area contributed by atoms with Crippen molar-refractivity contribution in [3.63, 3.8) is 0 Å². The molecular formula is C19H18N8O3. The molecule has 4 heterocycles. The Morgan fingerprint density at radius 2 is 1.77 bits per heavy atom. The number of hydrogen-bond donors (Lipinski definition) is 0. The molecule has 1 aliphatic heterocycles. The highest BCUT2D eigenvalue weighted by Crippen LogP contribution is 2.15. The Labute approximate surface area is 170 Å². The summed E-state index contributed by atoms with van der Waals surface area (Å²) in [5, 5.41) is 12.5. The fraction of sp³-hybridized carbons (Fsp3) is 0.263. The van der Waals surface area contributed by atoms with Crippen LogP contribution in [0.1, 0.15) is 0 Å². The highest BCUT2D eigenvalue weighted by atomic mass is 16.4. The van der Waals surface area contributed by atoms with Crippen LogP contribution in [0.3, 0.4) is 0 Å². The molecule has 0 spiro atoms. The van der Waals surface area contributed by atoms with Gasteiger partial charge in [-0.05, 0) is 24.3 Å². The van der Waals surface area contributed by atoms with Crippen molar-refractivity contribution in [2.24, 2.45) is 0 Å². The third kappa shape index (κ3) is 3.30. The Morgan fingerprint density at radius 1 is 1.00 bits per heavy atom. The van der Waals surface area contributed by atoms with E-state index in [0.717, 1.165) is 5.82 Å². The van der Waals surface area contributed by atoms with E-state index >= 15 is 0 Å². The van der Waals surface area contributed by atoms with Crippen molar-refractivity contribution in [2.45, 2.75) is 6.54 Å². The van der Waals surface area contributed by atoms with E-state index in [4.69, 9.17) is 4.42 Å². The maximum absolute atomic E-state index is 12.7. The van der Waals surface area contributed by atoms with E-state index in [-0.39, 0.29) is 12.5 Å². The molecular weight excluding hydrogens is 388 g/mol. The van der Waals surface area contributed by atoms with Crippen LogP contribution in [0, 0.1) is 0 Å². The van der Waals surface area contributed by atoms with Crippen molar-refractivity contribution in [1.82, 2.24) is 34.4 Å². The van der Waals surface area contributed by atoms with Crippen LogP contribution < -0.4 is 10.7 Å². The third-order valence-electron chi connectivity index (χ3n) is 5.11. The largest absolute Gasteiger partial charge is 0.420 e. The van der Waals surface area contributed by atoms with Crippen molar-refractivity contribution < 1.29 is 9.21 Å². The summed E-state index contributed by atoms with van der Waals surface area (Å²) < 4.78 is 8.11. The molecule has 1 saturated heterocycles. The zero-order chi connectivity index (χ0) is 20.5. The number of oxazole rings is 1. The number of carbonyl (C=O) groups excluding carboxylic acids is 1. The number of fused-ring (bicyclic) bond motifs is 1. The highest BCUT2D eigenvalue weighted by Gasteiger charge is 2.23. The van der Waals surface area contributed by atoms with E-state index in [1.165, 1.54) is 15.6 Å². The van der Waals surface area contributed by atoms with E-state index in [1.54, 1.807) is 29.4 Å². The van der Waals surface area contributed by atoms with E-state index in [1.807, 2.05) is 18.2 Å². The third-order valence-corrected chi connectivity index (χ3v) is 5.11. The number of amides is 1.